The SMILES string of the molecule is Nc1cnc(-c2ccccc2C(F)(F)F)cc1C(=O)O. The van der Waals surface area contributed by atoms with E-state index < -0.39 is 17.7 Å². The molecule has 4 nitrogen and oxygen atoms in total. The van der Waals surface area contributed by atoms with E-state index in [1.54, 1.807) is 0 Å². The summed E-state index contributed by atoms with van der Waals surface area (Å²) in [6.07, 6.45) is -3.52. The number of nitrogens with two attached hydrogens (primary N) is 1. The van der Waals surface area contributed by atoms with Crippen molar-refractivity contribution in [3.63, 3.8) is 0 Å². The molecule has 0 fully saturated rings. The van der Waals surface area contributed by atoms with Crippen LogP contribution in [0.5, 0.6) is 0 Å². The highest BCUT2D eigenvalue weighted by atomic mass is 19.4. The minimum Gasteiger partial charge on any atom is -0.478 e. The van der Waals surface area contributed by atoms with Crippen molar-refractivity contribution in [3.05, 3.63) is 47.7 Å². The number of nitrogen functional groups attached to an aromatic ring is 1. The van der Waals surface area contributed by atoms with Gasteiger partial charge in [0.2, 0.25) is 0 Å². The van der Waals surface area contributed by atoms with Crippen LogP contribution in [0.3, 0.4) is 0 Å². The summed E-state index contributed by atoms with van der Waals surface area (Å²) in [7, 11) is 0. The zero-order valence-corrected chi connectivity index (χ0v) is 9.98. The number of carboxylic acids is 1. The summed E-state index contributed by atoms with van der Waals surface area (Å²) >= 11 is 0. The Morgan fingerprint density at radius 3 is 2.50 bits per heavy atom. The molecule has 0 radical (unpaired) electrons. The fraction of sp³-hybridized carbons (Fsp3) is 0.0769. The average Bonchev–Trinajstić information content (AvgIpc) is 2.38. The first-order valence-corrected chi connectivity index (χ1v) is 5.46. The number of aromatic carboxylic acids is 1. The number of nitrogens with zero attached hydrogens (tertiary/aromatic N) is 1. The number of aromatic nitrogens is 1. The number of carboxylic acid groups (broad SMARTS) is 1. The maximum Gasteiger partial charge on any atom is 0.417 e. The highest BCUT2D eigenvalue weighted by Crippen LogP contribution is 2.36. The Balaban J connectivity index is 2.64. The van der Waals surface area contributed by atoms with E-state index in [9.17, 15) is 18.0 Å². The quantitative estimate of drug-likeness (QED) is 0.887. The molecule has 0 aliphatic carbocycles. The van der Waals surface area contributed by atoms with Gasteiger partial charge in [0.15, 0.2) is 0 Å². The lowest BCUT2D eigenvalue weighted by Crippen LogP contribution is -2.08. The van der Waals surface area contributed by atoms with Crippen LogP contribution in [0, 0.1) is 0 Å². The third-order valence-electron chi connectivity index (χ3n) is 2.67. The predicted octanol–water partition coefficient (Wildman–Crippen LogP) is 3.05. The number of alkyl halides is 3. The monoisotopic (exact) mass is 282 g/mol. The molecule has 0 saturated carbocycles. The van der Waals surface area contributed by atoms with Gasteiger partial charge in [-0.05, 0) is 12.1 Å². The molecule has 0 atom stereocenters. The number of carbonyl (C=O) groups is 1. The average molecular weight is 282 g/mol. The van der Waals surface area contributed by atoms with Gasteiger partial charge in [-0.2, -0.15) is 13.2 Å². The predicted molar refractivity (Wildman–Crippen MR) is 66.0 cm³/mol. The molecule has 0 bridgehead atoms. The van der Waals surface area contributed by atoms with Crippen LogP contribution in [-0.2, 0) is 6.18 Å². The number of hydrogen-bond acceptors (Lipinski definition) is 3. The molecular weight excluding hydrogens is 273 g/mol. The summed E-state index contributed by atoms with van der Waals surface area (Å²) in [6.45, 7) is 0. The minimum atomic E-state index is -4.55. The largest absolute Gasteiger partial charge is 0.478 e. The van der Waals surface area contributed by atoms with Crippen molar-refractivity contribution >= 4 is 11.7 Å². The zero-order valence-electron chi connectivity index (χ0n) is 9.98. The molecule has 3 N–H and O–H groups in total. The molecule has 7 heteroatoms. The summed E-state index contributed by atoms with van der Waals surface area (Å²) in [6, 6.07) is 5.84. The molecule has 0 spiro atoms. The van der Waals surface area contributed by atoms with E-state index >= 15 is 0 Å². The lowest BCUT2D eigenvalue weighted by Gasteiger charge is -2.12. The Bertz CT molecular complexity index is 669. The van der Waals surface area contributed by atoms with Crippen molar-refractivity contribution in [1.29, 1.82) is 0 Å². The van der Waals surface area contributed by atoms with Crippen molar-refractivity contribution in [2.24, 2.45) is 0 Å². The molecule has 1 heterocycles. The van der Waals surface area contributed by atoms with E-state index in [1.165, 1.54) is 18.2 Å². The number of halogens is 3. The smallest absolute Gasteiger partial charge is 0.417 e. The minimum absolute atomic E-state index is 0.0930. The molecule has 0 amide bonds. The molecule has 0 saturated heterocycles. The second-order valence-electron chi connectivity index (χ2n) is 4.01. The van der Waals surface area contributed by atoms with Crippen molar-refractivity contribution in [2.75, 3.05) is 5.73 Å². The highest BCUT2D eigenvalue weighted by molar-refractivity contribution is 5.94. The number of anilines is 1. The van der Waals surface area contributed by atoms with Gasteiger partial charge in [-0.25, -0.2) is 4.79 Å². The highest BCUT2D eigenvalue weighted by Gasteiger charge is 2.33. The summed E-state index contributed by atoms with van der Waals surface area (Å²) in [4.78, 5) is 14.7. The van der Waals surface area contributed by atoms with Gasteiger partial charge in [-0.1, -0.05) is 18.2 Å². The lowest BCUT2D eigenvalue weighted by molar-refractivity contribution is -0.137. The van der Waals surface area contributed by atoms with Crippen molar-refractivity contribution in [2.45, 2.75) is 6.18 Å². The molecule has 1 aromatic carbocycles. The third kappa shape index (κ3) is 2.56. The Kier molecular flexibility index (Phi) is 3.35. The zero-order chi connectivity index (χ0) is 14.9. The lowest BCUT2D eigenvalue weighted by atomic mass is 10.0. The normalized spacial score (nSPS) is 11.3. The molecule has 0 unspecified atom stereocenters. The van der Waals surface area contributed by atoms with Gasteiger partial charge < -0.3 is 10.8 Å². The third-order valence-corrected chi connectivity index (χ3v) is 2.67. The van der Waals surface area contributed by atoms with Gasteiger partial charge in [0.1, 0.15) is 0 Å². The Morgan fingerprint density at radius 2 is 1.90 bits per heavy atom. The van der Waals surface area contributed by atoms with Crippen molar-refractivity contribution < 1.29 is 23.1 Å². The maximum absolute atomic E-state index is 12.9. The first-order valence-electron chi connectivity index (χ1n) is 5.46. The molecule has 0 aliphatic rings. The van der Waals surface area contributed by atoms with Gasteiger partial charge >= 0.3 is 12.1 Å². The van der Waals surface area contributed by atoms with Crippen LogP contribution in [0.15, 0.2) is 36.5 Å². The van der Waals surface area contributed by atoms with Crippen LogP contribution >= 0.6 is 0 Å². The molecule has 2 aromatic rings. The Labute approximate surface area is 111 Å². The van der Waals surface area contributed by atoms with Crippen molar-refractivity contribution in [1.82, 2.24) is 4.98 Å². The Hall–Kier alpha value is -2.57. The number of rotatable bonds is 2. The second kappa shape index (κ2) is 4.84. The van der Waals surface area contributed by atoms with Gasteiger partial charge in [-0.3, -0.25) is 4.98 Å². The van der Waals surface area contributed by atoms with Crippen LogP contribution < -0.4 is 5.73 Å². The van der Waals surface area contributed by atoms with Gasteiger partial charge in [-0.15, -0.1) is 0 Å². The van der Waals surface area contributed by atoms with E-state index in [-0.39, 0.29) is 22.5 Å². The summed E-state index contributed by atoms with van der Waals surface area (Å²) in [5.74, 6) is -1.32. The first kappa shape index (κ1) is 13.9. The maximum atomic E-state index is 12.9. The summed E-state index contributed by atoms with van der Waals surface area (Å²) in [5, 5.41) is 8.94. The van der Waals surface area contributed by atoms with E-state index in [2.05, 4.69) is 4.98 Å². The number of pyridine rings is 1. The van der Waals surface area contributed by atoms with Crippen molar-refractivity contribution in [3.8, 4) is 11.3 Å². The van der Waals surface area contributed by atoms with Gasteiger partial charge in [0.25, 0.3) is 0 Å². The molecule has 20 heavy (non-hydrogen) atoms. The molecule has 1 aromatic heterocycles. The molecular formula is C13H9F3N2O2. The topological polar surface area (TPSA) is 76.2 Å². The fourth-order valence-electron chi connectivity index (χ4n) is 1.75. The van der Waals surface area contributed by atoms with Crippen LogP contribution in [-0.4, -0.2) is 16.1 Å². The van der Waals surface area contributed by atoms with Gasteiger partial charge in [0.05, 0.1) is 28.7 Å². The van der Waals surface area contributed by atoms with Crippen LogP contribution in [0.1, 0.15) is 15.9 Å². The summed E-state index contributed by atoms with van der Waals surface area (Å²) < 4.78 is 38.7. The Morgan fingerprint density at radius 1 is 1.25 bits per heavy atom. The van der Waals surface area contributed by atoms with Crippen LogP contribution in [0.4, 0.5) is 18.9 Å². The van der Waals surface area contributed by atoms with E-state index in [0.29, 0.717) is 0 Å². The molecule has 2 rings (SSSR count). The van der Waals surface area contributed by atoms with Crippen LogP contribution in [0.2, 0.25) is 0 Å². The number of benzene rings is 1. The first-order chi connectivity index (χ1) is 9.30. The fourth-order valence-corrected chi connectivity index (χ4v) is 1.75. The van der Waals surface area contributed by atoms with E-state index in [1.807, 2.05) is 0 Å². The van der Waals surface area contributed by atoms with E-state index in [0.717, 1.165) is 18.3 Å². The van der Waals surface area contributed by atoms with Gasteiger partial charge in [0, 0.05) is 5.56 Å². The second-order valence-corrected chi connectivity index (χ2v) is 4.01. The summed E-state index contributed by atoms with van der Waals surface area (Å²) in [5.41, 5.74) is 3.87. The number of hydrogen-bond donors (Lipinski definition) is 2. The molecule has 104 valence electrons. The standard InChI is InChI=1S/C13H9F3N2O2/c14-13(15,16)9-4-2-1-3-7(9)11-5-8(12(19)20)10(17)6-18-11/h1-6H,17H2,(H,19,20). The van der Waals surface area contributed by atoms with Crippen LogP contribution in [0.25, 0.3) is 11.3 Å². The van der Waals surface area contributed by atoms with E-state index in [4.69, 9.17) is 10.8 Å². The molecule has 0 aliphatic heterocycles.